The van der Waals surface area contributed by atoms with Crippen molar-refractivity contribution >= 4 is 32.3 Å². The maximum Gasteiger partial charge on any atom is 0.309 e. The highest BCUT2D eigenvalue weighted by Gasteiger charge is 2.30. The number of thiazole rings is 1. The molecule has 1 aromatic carbocycles. The van der Waals surface area contributed by atoms with Crippen molar-refractivity contribution in [1.82, 2.24) is 9.29 Å². The largest absolute Gasteiger partial charge is 0.481 e. The average molecular weight is 438 g/mol. The SMILES string of the molecule is Cc1ccc(S(=O)(=O)N2CCN(c3cnc(CCC(C)(C)C(=O)O)s3)CC2)cc1. The number of aromatic nitrogens is 1. The summed E-state index contributed by atoms with van der Waals surface area (Å²) in [6, 6.07) is 6.94. The van der Waals surface area contributed by atoms with Crippen LogP contribution in [0.15, 0.2) is 35.4 Å². The molecule has 0 spiro atoms. The molecule has 1 aliphatic rings. The molecule has 2 heterocycles. The van der Waals surface area contributed by atoms with E-state index in [2.05, 4.69) is 9.88 Å². The molecule has 1 aliphatic heterocycles. The zero-order valence-electron chi connectivity index (χ0n) is 17.0. The van der Waals surface area contributed by atoms with Gasteiger partial charge in [-0.3, -0.25) is 4.79 Å². The minimum absolute atomic E-state index is 0.331. The van der Waals surface area contributed by atoms with E-state index in [0.29, 0.717) is 43.9 Å². The average Bonchev–Trinajstić information content (AvgIpc) is 3.16. The molecular weight excluding hydrogens is 410 g/mol. The minimum atomic E-state index is -3.47. The monoisotopic (exact) mass is 437 g/mol. The minimum Gasteiger partial charge on any atom is -0.481 e. The lowest BCUT2D eigenvalue weighted by molar-refractivity contribution is -0.147. The van der Waals surface area contributed by atoms with Crippen LogP contribution in [-0.2, 0) is 21.2 Å². The summed E-state index contributed by atoms with van der Waals surface area (Å²) in [5, 5.41) is 11.1. The summed E-state index contributed by atoms with van der Waals surface area (Å²) in [5.41, 5.74) is 0.253. The van der Waals surface area contributed by atoms with E-state index in [1.165, 1.54) is 4.31 Å². The molecule has 0 unspecified atom stereocenters. The Morgan fingerprint density at radius 2 is 1.79 bits per heavy atom. The van der Waals surface area contributed by atoms with Crippen molar-refractivity contribution in [2.24, 2.45) is 5.41 Å². The molecule has 158 valence electrons. The number of sulfonamides is 1. The van der Waals surface area contributed by atoms with Crippen molar-refractivity contribution in [1.29, 1.82) is 0 Å². The predicted molar refractivity (Wildman–Crippen MR) is 114 cm³/mol. The maximum absolute atomic E-state index is 12.8. The lowest BCUT2D eigenvalue weighted by Gasteiger charge is -2.34. The lowest BCUT2D eigenvalue weighted by atomic mass is 9.88. The normalized spacial score (nSPS) is 16.2. The first-order valence-corrected chi connectivity index (χ1v) is 11.9. The Hall–Kier alpha value is -1.97. The van der Waals surface area contributed by atoms with E-state index in [0.717, 1.165) is 15.6 Å². The summed E-state index contributed by atoms with van der Waals surface area (Å²) in [7, 11) is -3.47. The van der Waals surface area contributed by atoms with Gasteiger partial charge in [0.1, 0.15) is 5.00 Å². The second-order valence-electron chi connectivity index (χ2n) is 7.99. The Bertz CT molecular complexity index is 960. The predicted octanol–water partition coefficient (Wildman–Crippen LogP) is 3.01. The highest BCUT2D eigenvalue weighted by atomic mass is 32.2. The Morgan fingerprint density at radius 1 is 1.17 bits per heavy atom. The highest BCUT2D eigenvalue weighted by molar-refractivity contribution is 7.89. The summed E-state index contributed by atoms with van der Waals surface area (Å²) >= 11 is 1.55. The molecule has 1 N–H and O–H groups in total. The molecule has 0 amide bonds. The number of anilines is 1. The van der Waals surface area contributed by atoms with E-state index in [-0.39, 0.29) is 0 Å². The van der Waals surface area contributed by atoms with E-state index >= 15 is 0 Å². The first-order valence-electron chi connectivity index (χ1n) is 9.59. The number of piperazine rings is 1. The van der Waals surface area contributed by atoms with Crippen LogP contribution in [0.2, 0.25) is 0 Å². The van der Waals surface area contributed by atoms with Gasteiger partial charge in [0.15, 0.2) is 0 Å². The number of benzene rings is 1. The van der Waals surface area contributed by atoms with Gasteiger partial charge in [-0.15, -0.1) is 11.3 Å². The van der Waals surface area contributed by atoms with Crippen molar-refractivity contribution in [3.63, 3.8) is 0 Å². The summed E-state index contributed by atoms with van der Waals surface area (Å²) in [6.07, 6.45) is 2.95. The Morgan fingerprint density at radius 3 is 2.38 bits per heavy atom. The van der Waals surface area contributed by atoms with Crippen LogP contribution < -0.4 is 4.90 Å². The fraction of sp³-hybridized carbons (Fsp3) is 0.500. The van der Waals surface area contributed by atoms with Gasteiger partial charge in [0.25, 0.3) is 0 Å². The van der Waals surface area contributed by atoms with Crippen LogP contribution >= 0.6 is 11.3 Å². The standard InChI is InChI=1S/C20H27N3O4S2/c1-15-4-6-16(7-5-15)29(26,27)23-12-10-22(11-13-23)18-14-21-17(28-18)8-9-20(2,3)19(24)25/h4-7,14H,8-13H2,1-3H3,(H,24,25). The third kappa shape index (κ3) is 4.96. The zero-order chi connectivity index (χ0) is 21.2. The van der Waals surface area contributed by atoms with Crippen LogP contribution in [-0.4, -0.2) is 55.0 Å². The van der Waals surface area contributed by atoms with E-state index < -0.39 is 21.4 Å². The summed E-state index contributed by atoms with van der Waals surface area (Å²) in [6.45, 7) is 7.43. The number of carbonyl (C=O) groups is 1. The number of hydrogen-bond acceptors (Lipinski definition) is 6. The van der Waals surface area contributed by atoms with Crippen molar-refractivity contribution in [3.8, 4) is 0 Å². The molecule has 0 atom stereocenters. The van der Waals surface area contributed by atoms with Gasteiger partial charge in [0.05, 0.1) is 21.5 Å². The van der Waals surface area contributed by atoms with Gasteiger partial charge in [0, 0.05) is 32.6 Å². The molecule has 2 aromatic rings. The van der Waals surface area contributed by atoms with Gasteiger partial charge in [-0.1, -0.05) is 17.7 Å². The third-order valence-electron chi connectivity index (χ3n) is 5.29. The van der Waals surface area contributed by atoms with E-state index in [1.54, 1.807) is 43.5 Å². The van der Waals surface area contributed by atoms with E-state index in [1.807, 2.05) is 19.1 Å². The van der Waals surface area contributed by atoms with Crippen LogP contribution in [0.1, 0.15) is 30.8 Å². The Labute approximate surface area is 176 Å². The zero-order valence-corrected chi connectivity index (χ0v) is 18.6. The van der Waals surface area contributed by atoms with Crippen LogP contribution in [0.3, 0.4) is 0 Å². The first kappa shape index (κ1) is 21.7. The molecule has 0 radical (unpaired) electrons. The second-order valence-corrected chi connectivity index (χ2v) is 11.0. The maximum atomic E-state index is 12.8. The molecule has 29 heavy (non-hydrogen) atoms. The van der Waals surface area contributed by atoms with Crippen LogP contribution in [0.5, 0.6) is 0 Å². The smallest absolute Gasteiger partial charge is 0.309 e. The topological polar surface area (TPSA) is 90.8 Å². The van der Waals surface area contributed by atoms with Crippen LogP contribution in [0.25, 0.3) is 0 Å². The van der Waals surface area contributed by atoms with E-state index in [4.69, 9.17) is 0 Å². The molecule has 3 rings (SSSR count). The van der Waals surface area contributed by atoms with Gasteiger partial charge < -0.3 is 10.0 Å². The highest BCUT2D eigenvalue weighted by Crippen LogP contribution is 2.29. The molecule has 1 saturated heterocycles. The summed E-state index contributed by atoms with van der Waals surface area (Å²) < 4.78 is 27.2. The van der Waals surface area contributed by atoms with Gasteiger partial charge in [-0.25, -0.2) is 13.4 Å². The first-order chi connectivity index (χ1) is 13.6. The number of hydrogen-bond donors (Lipinski definition) is 1. The Balaban J connectivity index is 1.59. The number of aryl methyl sites for hydroxylation is 2. The fourth-order valence-electron chi connectivity index (χ4n) is 3.10. The van der Waals surface area contributed by atoms with Gasteiger partial charge >= 0.3 is 5.97 Å². The number of carboxylic acid groups (broad SMARTS) is 1. The van der Waals surface area contributed by atoms with Gasteiger partial charge in [-0.2, -0.15) is 4.31 Å². The fourth-order valence-corrected chi connectivity index (χ4v) is 5.49. The quantitative estimate of drug-likeness (QED) is 0.716. The molecule has 0 aliphatic carbocycles. The Kier molecular flexibility index (Phi) is 6.30. The van der Waals surface area contributed by atoms with Crippen LogP contribution in [0.4, 0.5) is 5.00 Å². The lowest BCUT2D eigenvalue weighted by Crippen LogP contribution is -2.48. The van der Waals surface area contributed by atoms with Gasteiger partial charge in [-0.05, 0) is 39.3 Å². The summed E-state index contributed by atoms with van der Waals surface area (Å²) in [5.74, 6) is -0.805. The molecule has 0 bridgehead atoms. The molecule has 7 nitrogen and oxygen atoms in total. The molecule has 1 aromatic heterocycles. The molecule has 9 heteroatoms. The van der Waals surface area contributed by atoms with Crippen molar-refractivity contribution in [2.45, 2.75) is 38.5 Å². The molecular formula is C20H27N3O4S2. The number of nitrogens with zero attached hydrogens (tertiary/aromatic N) is 3. The second kappa shape index (κ2) is 8.41. The number of aliphatic carboxylic acids is 1. The molecule has 0 saturated carbocycles. The van der Waals surface area contributed by atoms with Crippen molar-refractivity contribution in [3.05, 3.63) is 41.0 Å². The number of carboxylic acids is 1. The van der Waals surface area contributed by atoms with E-state index in [9.17, 15) is 18.3 Å². The van der Waals surface area contributed by atoms with Crippen molar-refractivity contribution in [2.75, 3.05) is 31.1 Å². The van der Waals surface area contributed by atoms with Gasteiger partial charge in [0.2, 0.25) is 10.0 Å². The number of rotatable bonds is 7. The molecule has 1 fully saturated rings. The summed E-state index contributed by atoms with van der Waals surface area (Å²) in [4.78, 5) is 18.2. The van der Waals surface area contributed by atoms with Crippen LogP contribution in [0, 0.1) is 12.3 Å². The van der Waals surface area contributed by atoms with Crippen molar-refractivity contribution < 1.29 is 18.3 Å². The third-order valence-corrected chi connectivity index (χ3v) is 8.32.